The molecule has 0 aromatic carbocycles. The average Bonchev–Trinajstić information content (AvgIpc) is 2.72. The van der Waals surface area contributed by atoms with E-state index in [0.717, 1.165) is 58.0 Å². The van der Waals surface area contributed by atoms with E-state index in [1.165, 1.54) is 6.42 Å². The first-order valence-corrected chi connectivity index (χ1v) is 7.96. The highest BCUT2D eigenvalue weighted by Crippen LogP contribution is 2.36. The molecule has 112 valence electrons. The van der Waals surface area contributed by atoms with Crippen LogP contribution in [-0.4, -0.2) is 48.9 Å². The SMILES string of the molecule is CN(CC1CCCN1C)C(=O)C1(C#N)CCCCCC1. The van der Waals surface area contributed by atoms with Gasteiger partial charge in [-0.3, -0.25) is 4.79 Å². The zero-order valence-electron chi connectivity index (χ0n) is 12.9. The molecule has 0 spiro atoms. The fourth-order valence-electron chi connectivity index (χ4n) is 3.68. The van der Waals surface area contributed by atoms with Gasteiger partial charge in [0.15, 0.2) is 0 Å². The van der Waals surface area contributed by atoms with Crippen molar-refractivity contribution < 1.29 is 4.79 Å². The number of likely N-dealkylation sites (tertiary alicyclic amines) is 1. The molecule has 2 fully saturated rings. The molecule has 0 N–H and O–H groups in total. The standard InChI is InChI=1S/C16H27N3O/c1-18-11-7-8-14(18)12-19(2)15(20)16(13-17)9-5-3-4-6-10-16/h14H,3-12H2,1-2H3. The molecule has 0 radical (unpaired) electrons. The number of amides is 1. The summed E-state index contributed by atoms with van der Waals surface area (Å²) in [5.74, 6) is 0.0576. The molecular weight excluding hydrogens is 250 g/mol. The van der Waals surface area contributed by atoms with Gasteiger partial charge in [0, 0.05) is 19.6 Å². The summed E-state index contributed by atoms with van der Waals surface area (Å²) >= 11 is 0. The van der Waals surface area contributed by atoms with Crippen LogP contribution in [0.25, 0.3) is 0 Å². The highest BCUT2D eigenvalue weighted by atomic mass is 16.2. The number of hydrogen-bond acceptors (Lipinski definition) is 3. The summed E-state index contributed by atoms with van der Waals surface area (Å²) in [6.07, 6.45) is 8.20. The van der Waals surface area contributed by atoms with Crippen LogP contribution < -0.4 is 0 Å². The van der Waals surface area contributed by atoms with Crippen molar-refractivity contribution >= 4 is 5.91 Å². The molecule has 1 amide bonds. The normalized spacial score (nSPS) is 26.8. The predicted molar refractivity (Wildman–Crippen MR) is 79.0 cm³/mol. The van der Waals surface area contributed by atoms with Crippen LogP contribution in [0.3, 0.4) is 0 Å². The number of rotatable bonds is 3. The first-order chi connectivity index (χ1) is 9.59. The minimum atomic E-state index is -0.748. The molecule has 20 heavy (non-hydrogen) atoms. The molecular formula is C16H27N3O. The Kier molecular flexibility index (Phi) is 5.04. The largest absolute Gasteiger partial charge is 0.343 e. The van der Waals surface area contributed by atoms with Gasteiger partial charge in [0.2, 0.25) is 5.91 Å². The van der Waals surface area contributed by atoms with E-state index in [2.05, 4.69) is 18.0 Å². The lowest BCUT2D eigenvalue weighted by molar-refractivity contribution is -0.139. The quantitative estimate of drug-likeness (QED) is 0.744. The topological polar surface area (TPSA) is 47.3 Å². The summed E-state index contributed by atoms with van der Waals surface area (Å²) in [5.41, 5.74) is -0.748. The Balaban J connectivity index is 2.02. The molecule has 2 rings (SSSR count). The maximum atomic E-state index is 12.8. The highest BCUT2D eigenvalue weighted by Gasteiger charge is 2.41. The Morgan fingerprint density at radius 1 is 1.30 bits per heavy atom. The van der Waals surface area contributed by atoms with E-state index in [1.54, 1.807) is 0 Å². The number of hydrogen-bond donors (Lipinski definition) is 0. The van der Waals surface area contributed by atoms with E-state index in [-0.39, 0.29) is 5.91 Å². The third kappa shape index (κ3) is 3.15. The van der Waals surface area contributed by atoms with Crippen molar-refractivity contribution in [1.82, 2.24) is 9.80 Å². The van der Waals surface area contributed by atoms with Gasteiger partial charge >= 0.3 is 0 Å². The van der Waals surface area contributed by atoms with Gasteiger partial charge in [0.25, 0.3) is 0 Å². The van der Waals surface area contributed by atoms with Crippen LogP contribution in [0, 0.1) is 16.7 Å². The Morgan fingerprint density at radius 3 is 2.45 bits per heavy atom. The van der Waals surface area contributed by atoms with Crippen molar-refractivity contribution in [2.75, 3.05) is 27.2 Å². The summed E-state index contributed by atoms with van der Waals surface area (Å²) in [6.45, 7) is 1.88. The van der Waals surface area contributed by atoms with Crippen molar-refractivity contribution in [3.05, 3.63) is 0 Å². The van der Waals surface area contributed by atoms with Crippen LogP contribution in [0.15, 0.2) is 0 Å². The van der Waals surface area contributed by atoms with E-state index in [1.807, 2.05) is 11.9 Å². The van der Waals surface area contributed by atoms with Gasteiger partial charge in [-0.2, -0.15) is 5.26 Å². The van der Waals surface area contributed by atoms with Gasteiger partial charge in [-0.05, 0) is 39.3 Å². The minimum Gasteiger partial charge on any atom is -0.343 e. The maximum absolute atomic E-state index is 12.8. The van der Waals surface area contributed by atoms with Crippen LogP contribution in [-0.2, 0) is 4.79 Å². The summed E-state index contributed by atoms with van der Waals surface area (Å²) < 4.78 is 0. The van der Waals surface area contributed by atoms with Crippen LogP contribution in [0.4, 0.5) is 0 Å². The summed E-state index contributed by atoms with van der Waals surface area (Å²) in [6, 6.07) is 2.83. The minimum absolute atomic E-state index is 0.0576. The molecule has 1 saturated carbocycles. The number of nitrogens with zero attached hydrogens (tertiary/aromatic N) is 3. The van der Waals surface area contributed by atoms with E-state index in [9.17, 15) is 10.1 Å². The van der Waals surface area contributed by atoms with E-state index < -0.39 is 5.41 Å². The lowest BCUT2D eigenvalue weighted by atomic mass is 9.80. The van der Waals surface area contributed by atoms with Crippen molar-refractivity contribution in [2.24, 2.45) is 5.41 Å². The third-order valence-electron chi connectivity index (χ3n) is 5.08. The summed E-state index contributed by atoms with van der Waals surface area (Å²) in [5, 5.41) is 9.59. The Hall–Kier alpha value is -1.08. The lowest BCUT2D eigenvalue weighted by Crippen LogP contribution is -2.46. The van der Waals surface area contributed by atoms with Crippen LogP contribution in [0.2, 0.25) is 0 Å². The molecule has 4 heteroatoms. The summed E-state index contributed by atoms with van der Waals surface area (Å²) in [4.78, 5) is 16.9. The molecule has 1 unspecified atom stereocenters. The van der Waals surface area contributed by atoms with Gasteiger partial charge in [-0.25, -0.2) is 0 Å². The molecule has 1 heterocycles. The molecule has 1 aliphatic carbocycles. The molecule has 1 saturated heterocycles. The van der Waals surface area contributed by atoms with Gasteiger partial charge in [-0.15, -0.1) is 0 Å². The van der Waals surface area contributed by atoms with E-state index in [4.69, 9.17) is 0 Å². The second-order valence-electron chi connectivity index (χ2n) is 6.57. The second-order valence-corrected chi connectivity index (χ2v) is 6.57. The fourth-order valence-corrected chi connectivity index (χ4v) is 3.68. The first kappa shape index (κ1) is 15.3. The molecule has 0 aromatic rings. The third-order valence-corrected chi connectivity index (χ3v) is 5.08. The van der Waals surface area contributed by atoms with Crippen molar-refractivity contribution in [1.29, 1.82) is 5.26 Å². The number of nitriles is 1. The van der Waals surface area contributed by atoms with Crippen molar-refractivity contribution in [2.45, 2.75) is 57.4 Å². The number of carbonyl (C=O) groups excluding carboxylic acids is 1. The average molecular weight is 277 g/mol. The van der Waals surface area contributed by atoms with Crippen LogP contribution in [0.1, 0.15) is 51.4 Å². The van der Waals surface area contributed by atoms with Crippen molar-refractivity contribution in [3.8, 4) is 6.07 Å². The zero-order valence-corrected chi connectivity index (χ0v) is 12.9. The lowest BCUT2D eigenvalue weighted by Gasteiger charge is -2.32. The molecule has 1 aliphatic heterocycles. The number of likely N-dealkylation sites (N-methyl/N-ethyl adjacent to an activating group) is 2. The van der Waals surface area contributed by atoms with Crippen LogP contribution in [0.5, 0.6) is 0 Å². The van der Waals surface area contributed by atoms with Gasteiger partial charge < -0.3 is 9.80 Å². The molecule has 4 nitrogen and oxygen atoms in total. The van der Waals surface area contributed by atoms with Gasteiger partial charge in [0.1, 0.15) is 5.41 Å². The Bertz CT molecular complexity index is 380. The number of carbonyl (C=O) groups is 1. The fraction of sp³-hybridized carbons (Fsp3) is 0.875. The smallest absolute Gasteiger partial charge is 0.242 e. The van der Waals surface area contributed by atoms with Crippen LogP contribution >= 0.6 is 0 Å². The van der Waals surface area contributed by atoms with E-state index >= 15 is 0 Å². The molecule has 2 aliphatic rings. The molecule has 1 atom stereocenters. The zero-order chi connectivity index (χ0) is 14.6. The Labute approximate surface area is 122 Å². The Morgan fingerprint density at radius 2 is 1.95 bits per heavy atom. The monoisotopic (exact) mass is 277 g/mol. The highest BCUT2D eigenvalue weighted by molar-refractivity contribution is 5.85. The molecule has 0 bridgehead atoms. The second kappa shape index (κ2) is 6.58. The first-order valence-electron chi connectivity index (χ1n) is 7.96. The van der Waals surface area contributed by atoms with E-state index in [0.29, 0.717) is 6.04 Å². The molecule has 0 aromatic heterocycles. The van der Waals surface area contributed by atoms with Gasteiger partial charge in [0.05, 0.1) is 6.07 Å². The maximum Gasteiger partial charge on any atom is 0.242 e. The summed E-state index contributed by atoms with van der Waals surface area (Å²) in [7, 11) is 4.00. The predicted octanol–water partition coefficient (Wildman–Crippen LogP) is 2.40. The van der Waals surface area contributed by atoms with Crippen molar-refractivity contribution in [3.63, 3.8) is 0 Å². The van der Waals surface area contributed by atoms with Gasteiger partial charge in [-0.1, -0.05) is 25.7 Å².